The molecule has 1 aliphatic heterocycles. The monoisotopic (exact) mass is 268 g/mol. The van der Waals surface area contributed by atoms with Crippen LogP contribution in [0.15, 0.2) is 0 Å². The SMILES string of the molecule is NC(=O)CCCCCCCCCCCC1CCNC1. The Labute approximate surface area is 118 Å². The summed E-state index contributed by atoms with van der Waals surface area (Å²) in [5, 5.41) is 3.44. The molecule has 0 aliphatic carbocycles. The number of nitrogens with one attached hydrogen (secondary N) is 1. The Kier molecular flexibility index (Phi) is 9.78. The first-order valence-corrected chi connectivity index (χ1v) is 8.28. The number of unbranched alkanes of at least 4 members (excludes halogenated alkanes) is 8. The van der Waals surface area contributed by atoms with Gasteiger partial charge in [0.25, 0.3) is 0 Å². The first kappa shape index (κ1) is 16.5. The van der Waals surface area contributed by atoms with Crippen molar-refractivity contribution in [2.24, 2.45) is 11.7 Å². The van der Waals surface area contributed by atoms with Crippen LogP contribution in [0.2, 0.25) is 0 Å². The Morgan fingerprint density at radius 2 is 1.53 bits per heavy atom. The zero-order chi connectivity index (χ0) is 13.8. The second-order valence-electron chi connectivity index (χ2n) is 6.05. The Morgan fingerprint density at radius 1 is 0.947 bits per heavy atom. The minimum atomic E-state index is -0.155. The molecule has 0 aromatic carbocycles. The van der Waals surface area contributed by atoms with Gasteiger partial charge in [0.05, 0.1) is 0 Å². The predicted octanol–water partition coefficient (Wildman–Crippen LogP) is 3.37. The summed E-state index contributed by atoms with van der Waals surface area (Å²) in [6, 6.07) is 0. The zero-order valence-corrected chi connectivity index (χ0v) is 12.5. The molecule has 0 saturated carbocycles. The van der Waals surface area contributed by atoms with E-state index in [1.807, 2.05) is 0 Å². The van der Waals surface area contributed by atoms with Gasteiger partial charge in [-0.1, -0.05) is 51.4 Å². The highest BCUT2D eigenvalue weighted by Crippen LogP contribution is 2.17. The van der Waals surface area contributed by atoms with Crippen LogP contribution in [0.5, 0.6) is 0 Å². The van der Waals surface area contributed by atoms with E-state index in [9.17, 15) is 4.79 Å². The number of amides is 1. The summed E-state index contributed by atoms with van der Waals surface area (Å²) in [5.74, 6) is 0.808. The number of carbonyl (C=O) groups excluding carboxylic acids is 1. The van der Waals surface area contributed by atoms with Gasteiger partial charge < -0.3 is 11.1 Å². The van der Waals surface area contributed by atoms with Gasteiger partial charge in [0.15, 0.2) is 0 Å². The molecule has 19 heavy (non-hydrogen) atoms. The largest absolute Gasteiger partial charge is 0.370 e. The molecule has 1 unspecified atom stereocenters. The number of primary amides is 1. The van der Waals surface area contributed by atoms with Crippen LogP contribution in [-0.2, 0) is 4.79 Å². The Bertz CT molecular complexity index is 225. The number of hydrogen-bond acceptors (Lipinski definition) is 2. The van der Waals surface area contributed by atoms with Crippen molar-refractivity contribution in [1.82, 2.24) is 5.32 Å². The van der Waals surface area contributed by atoms with E-state index in [0.717, 1.165) is 18.8 Å². The molecule has 1 aliphatic rings. The Morgan fingerprint density at radius 3 is 2.05 bits per heavy atom. The molecule has 0 spiro atoms. The third kappa shape index (κ3) is 9.94. The summed E-state index contributed by atoms with van der Waals surface area (Å²) in [6.45, 7) is 2.49. The highest BCUT2D eigenvalue weighted by Gasteiger charge is 2.12. The Hall–Kier alpha value is -0.570. The molecule has 0 aromatic rings. The molecule has 1 saturated heterocycles. The van der Waals surface area contributed by atoms with Crippen LogP contribution >= 0.6 is 0 Å². The van der Waals surface area contributed by atoms with E-state index < -0.39 is 0 Å². The molecule has 112 valence electrons. The van der Waals surface area contributed by atoms with E-state index >= 15 is 0 Å². The number of carbonyl (C=O) groups is 1. The summed E-state index contributed by atoms with van der Waals surface area (Å²) in [7, 11) is 0. The summed E-state index contributed by atoms with van der Waals surface area (Å²) in [5.41, 5.74) is 5.10. The molecule has 1 heterocycles. The Balaban J connectivity index is 1.70. The predicted molar refractivity (Wildman–Crippen MR) is 81.0 cm³/mol. The summed E-state index contributed by atoms with van der Waals surface area (Å²) in [6.07, 6.45) is 15.1. The summed E-state index contributed by atoms with van der Waals surface area (Å²) in [4.78, 5) is 10.5. The summed E-state index contributed by atoms with van der Waals surface area (Å²) < 4.78 is 0. The molecule has 1 atom stereocenters. The molecule has 3 heteroatoms. The van der Waals surface area contributed by atoms with Crippen molar-refractivity contribution in [3.05, 3.63) is 0 Å². The molecule has 0 bridgehead atoms. The molecule has 0 radical (unpaired) electrons. The standard InChI is InChI=1S/C16H32N2O/c17-16(19)11-9-7-5-3-1-2-4-6-8-10-15-12-13-18-14-15/h15,18H,1-14H2,(H2,17,19). The van der Waals surface area contributed by atoms with Crippen molar-refractivity contribution >= 4 is 5.91 Å². The lowest BCUT2D eigenvalue weighted by atomic mass is 9.99. The van der Waals surface area contributed by atoms with Gasteiger partial charge >= 0.3 is 0 Å². The lowest BCUT2D eigenvalue weighted by Gasteiger charge is -2.07. The van der Waals surface area contributed by atoms with E-state index in [1.165, 1.54) is 70.9 Å². The average Bonchev–Trinajstić information content (AvgIpc) is 2.88. The maximum Gasteiger partial charge on any atom is 0.217 e. The van der Waals surface area contributed by atoms with Gasteiger partial charge in [-0.15, -0.1) is 0 Å². The van der Waals surface area contributed by atoms with Gasteiger partial charge in [-0.05, 0) is 38.3 Å². The van der Waals surface area contributed by atoms with E-state index in [4.69, 9.17) is 5.73 Å². The van der Waals surface area contributed by atoms with Crippen LogP contribution < -0.4 is 11.1 Å². The van der Waals surface area contributed by atoms with Crippen LogP contribution in [0, 0.1) is 5.92 Å². The number of nitrogens with two attached hydrogens (primary N) is 1. The van der Waals surface area contributed by atoms with E-state index in [0.29, 0.717) is 6.42 Å². The second-order valence-corrected chi connectivity index (χ2v) is 6.05. The second kappa shape index (κ2) is 11.3. The van der Waals surface area contributed by atoms with Crippen LogP contribution in [0.3, 0.4) is 0 Å². The van der Waals surface area contributed by atoms with Crippen LogP contribution in [0.1, 0.15) is 77.0 Å². The fourth-order valence-electron chi connectivity index (χ4n) is 2.93. The molecular weight excluding hydrogens is 236 g/mol. The van der Waals surface area contributed by atoms with E-state index in [2.05, 4.69) is 5.32 Å². The lowest BCUT2D eigenvalue weighted by molar-refractivity contribution is -0.118. The van der Waals surface area contributed by atoms with Crippen LogP contribution in [-0.4, -0.2) is 19.0 Å². The highest BCUT2D eigenvalue weighted by molar-refractivity contribution is 5.73. The molecule has 1 fully saturated rings. The van der Waals surface area contributed by atoms with Crippen LogP contribution in [0.4, 0.5) is 0 Å². The fraction of sp³-hybridized carbons (Fsp3) is 0.938. The van der Waals surface area contributed by atoms with Gasteiger partial charge in [0.2, 0.25) is 5.91 Å². The summed E-state index contributed by atoms with van der Waals surface area (Å²) >= 11 is 0. The maximum atomic E-state index is 10.5. The van der Waals surface area contributed by atoms with Crippen molar-refractivity contribution in [3.8, 4) is 0 Å². The molecule has 0 aromatic heterocycles. The van der Waals surface area contributed by atoms with Gasteiger partial charge in [0, 0.05) is 6.42 Å². The maximum absolute atomic E-state index is 10.5. The minimum absolute atomic E-state index is 0.155. The quantitative estimate of drug-likeness (QED) is 0.533. The van der Waals surface area contributed by atoms with Gasteiger partial charge in [0.1, 0.15) is 0 Å². The smallest absolute Gasteiger partial charge is 0.217 e. The van der Waals surface area contributed by atoms with Crippen molar-refractivity contribution in [1.29, 1.82) is 0 Å². The van der Waals surface area contributed by atoms with Gasteiger partial charge in [-0.2, -0.15) is 0 Å². The first-order chi connectivity index (χ1) is 9.29. The lowest BCUT2D eigenvalue weighted by Crippen LogP contribution is -2.09. The van der Waals surface area contributed by atoms with Crippen molar-refractivity contribution < 1.29 is 4.79 Å². The van der Waals surface area contributed by atoms with Crippen LogP contribution in [0.25, 0.3) is 0 Å². The highest BCUT2D eigenvalue weighted by atomic mass is 16.1. The third-order valence-electron chi connectivity index (χ3n) is 4.20. The fourth-order valence-corrected chi connectivity index (χ4v) is 2.93. The molecule has 1 rings (SSSR count). The minimum Gasteiger partial charge on any atom is -0.370 e. The zero-order valence-electron chi connectivity index (χ0n) is 12.5. The topological polar surface area (TPSA) is 55.1 Å². The number of hydrogen-bond donors (Lipinski definition) is 2. The van der Waals surface area contributed by atoms with E-state index in [-0.39, 0.29) is 5.91 Å². The molecular formula is C16H32N2O. The van der Waals surface area contributed by atoms with Crippen molar-refractivity contribution in [2.45, 2.75) is 77.0 Å². The van der Waals surface area contributed by atoms with Gasteiger partial charge in [-0.25, -0.2) is 0 Å². The van der Waals surface area contributed by atoms with Gasteiger partial charge in [-0.3, -0.25) is 4.79 Å². The van der Waals surface area contributed by atoms with E-state index in [1.54, 1.807) is 0 Å². The third-order valence-corrected chi connectivity index (χ3v) is 4.20. The van der Waals surface area contributed by atoms with Crippen molar-refractivity contribution in [3.63, 3.8) is 0 Å². The average molecular weight is 268 g/mol. The molecule has 3 N–H and O–H groups in total. The van der Waals surface area contributed by atoms with Crippen molar-refractivity contribution in [2.75, 3.05) is 13.1 Å². The molecule has 3 nitrogen and oxygen atoms in total. The normalized spacial score (nSPS) is 18.8. The first-order valence-electron chi connectivity index (χ1n) is 8.28. The number of rotatable bonds is 12. The molecule has 1 amide bonds.